The van der Waals surface area contributed by atoms with E-state index in [0.717, 1.165) is 5.56 Å². The minimum absolute atomic E-state index is 0.0996. The van der Waals surface area contributed by atoms with Crippen LogP contribution in [0.4, 0.5) is 0 Å². The van der Waals surface area contributed by atoms with E-state index in [4.69, 9.17) is 4.74 Å². The first kappa shape index (κ1) is 19.5. The number of morpholine rings is 1. The number of benzene rings is 2. The molecule has 1 aliphatic heterocycles. The Kier molecular flexibility index (Phi) is 6.60. The van der Waals surface area contributed by atoms with Gasteiger partial charge in [-0.2, -0.15) is 4.31 Å². The van der Waals surface area contributed by atoms with Crippen molar-refractivity contribution in [1.29, 1.82) is 0 Å². The number of ether oxygens (including phenoxy) is 1. The maximum Gasteiger partial charge on any atom is 0.243 e. The maximum atomic E-state index is 12.9. The molecule has 3 rings (SSSR count). The van der Waals surface area contributed by atoms with Gasteiger partial charge in [0.15, 0.2) is 0 Å². The van der Waals surface area contributed by atoms with Crippen LogP contribution in [-0.4, -0.2) is 44.9 Å². The van der Waals surface area contributed by atoms with E-state index in [2.05, 4.69) is 5.32 Å². The van der Waals surface area contributed by atoms with Crippen molar-refractivity contribution in [3.63, 3.8) is 0 Å². The summed E-state index contributed by atoms with van der Waals surface area (Å²) in [6, 6.07) is 16.6. The summed E-state index contributed by atoms with van der Waals surface area (Å²) >= 11 is 0. The molecule has 0 radical (unpaired) electrons. The molecule has 0 spiro atoms. The molecule has 1 saturated heterocycles. The summed E-state index contributed by atoms with van der Waals surface area (Å²) in [5, 5.41) is 2.84. The van der Waals surface area contributed by atoms with Crippen LogP contribution in [-0.2, 0) is 32.5 Å². The molecule has 1 amide bonds. The predicted molar refractivity (Wildman–Crippen MR) is 103 cm³/mol. The lowest BCUT2D eigenvalue weighted by atomic mass is 10.1. The number of carbonyl (C=O) groups excluding carboxylic acids is 1. The van der Waals surface area contributed by atoms with Crippen molar-refractivity contribution >= 4 is 15.9 Å². The number of rotatable bonds is 7. The topological polar surface area (TPSA) is 75.7 Å². The van der Waals surface area contributed by atoms with Gasteiger partial charge in [-0.1, -0.05) is 48.5 Å². The molecule has 1 fully saturated rings. The SMILES string of the molecule is O=C(CCc1ccccc1)NCc1ccccc1S(=O)(=O)N1CCOCC1. The third-order valence-corrected chi connectivity index (χ3v) is 6.52. The Morgan fingerprint density at radius 1 is 1.00 bits per heavy atom. The van der Waals surface area contributed by atoms with Crippen LogP contribution >= 0.6 is 0 Å². The molecule has 7 heteroatoms. The zero-order valence-corrected chi connectivity index (χ0v) is 16.0. The highest BCUT2D eigenvalue weighted by molar-refractivity contribution is 7.89. The lowest BCUT2D eigenvalue weighted by Crippen LogP contribution is -2.41. The molecule has 27 heavy (non-hydrogen) atoms. The zero-order valence-electron chi connectivity index (χ0n) is 15.1. The molecule has 144 valence electrons. The highest BCUT2D eigenvalue weighted by Gasteiger charge is 2.28. The Morgan fingerprint density at radius 2 is 1.67 bits per heavy atom. The smallest absolute Gasteiger partial charge is 0.243 e. The molecule has 0 atom stereocenters. The van der Waals surface area contributed by atoms with Crippen LogP contribution in [0, 0.1) is 0 Å². The molecule has 0 saturated carbocycles. The Labute approximate surface area is 160 Å². The van der Waals surface area contributed by atoms with Crippen LogP contribution in [0.1, 0.15) is 17.5 Å². The monoisotopic (exact) mass is 388 g/mol. The summed E-state index contributed by atoms with van der Waals surface area (Å²) in [6.45, 7) is 1.68. The zero-order chi connectivity index (χ0) is 19.1. The Hall–Kier alpha value is -2.22. The number of aryl methyl sites for hydroxylation is 1. The number of amides is 1. The fourth-order valence-corrected chi connectivity index (χ4v) is 4.64. The van der Waals surface area contributed by atoms with E-state index in [1.807, 2.05) is 30.3 Å². The third-order valence-electron chi connectivity index (χ3n) is 4.52. The number of nitrogens with zero attached hydrogens (tertiary/aromatic N) is 1. The van der Waals surface area contributed by atoms with Gasteiger partial charge in [0.2, 0.25) is 15.9 Å². The van der Waals surface area contributed by atoms with Gasteiger partial charge in [-0.15, -0.1) is 0 Å². The van der Waals surface area contributed by atoms with Crippen molar-refractivity contribution < 1.29 is 17.9 Å². The molecule has 2 aromatic rings. The number of carbonyl (C=O) groups is 1. The van der Waals surface area contributed by atoms with E-state index < -0.39 is 10.0 Å². The maximum absolute atomic E-state index is 12.9. The second-order valence-electron chi connectivity index (χ2n) is 6.39. The van der Waals surface area contributed by atoms with Gasteiger partial charge in [-0.05, 0) is 23.6 Å². The van der Waals surface area contributed by atoms with Crippen molar-refractivity contribution in [3.8, 4) is 0 Å². The lowest BCUT2D eigenvalue weighted by molar-refractivity contribution is -0.121. The number of sulfonamides is 1. The Morgan fingerprint density at radius 3 is 2.41 bits per heavy atom. The number of hydrogen-bond donors (Lipinski definition) is 1. The minimum Gasteiger partial charge on any atom is -0.379 e. The summed E-state index contributed by atoms with van der Waals surface area (Å²) < 4.78 is 32.5. The van der Waals surface area contributed by atoms with E-state index in [0.29, 0.717) is 44.7 Å². The molecular formula is C20H24N2O4S. The fraction of sp³-hybridized carbons (Fsp3) is 0.350. The van der Waals surface area contributed by atoms with Crippen LogP contribution in [0.15, 0.2) is 59.5 Å². The van der Waals surface area contributed by atoms with Gasteiger partial charge in [0.05, 0.1) is 18.1 Å². The first-order chi connectivity index (χ1) is 13.1. The highest BCUT2D eigenvalue weighted by Crippen LogP contribution is 2.21. The molecule has 0 aliphatic carbocycles. The van der Waals surface area contributed by atoms with Gasteiger partial charge >= 0.3 is 0 Å². The van der Waals surface area contributed by atoms with Crippen molar-refractivity contribution in [2.24, 2.45) is 0 Å². The van der Waals surface area contributed by atoms with Crippen molar-refractivity contribution in [2.75, 3.05) is 26.3 Å². The largest absolute Gasteiger partial charge is 0.379 e. The summed E-state index contributed by atoms with van der Waals surface area (Å²) in [4.78, 5) is 12.4. The van der Waals surface area contributed by atoms with Crippen LogP contribution < -0.4 is 5.32 Å². The van der Waals surface area contributed by atoms with Gasteiger partial charge in [-0.25, -0.2) is 8.42 Å². The summed E-state index contributed by atoms with van der Waals surface area (Å²) in [5.74, 6) is -0.0996. The fourth-order valence-electron chi connectivity index (χ4n) is 3.01. The van der Waals surface area contributed by atoms with Crippen LogP contribution in [0.25, 0.3) is 0 Å². The second-order valence-corrected chi connectivity index (χ2v) is 8.29. The molecule has 1 heterocycles. The van der Waals surface area contributed by atoms with Crippen LogP contribution in [0.5, 0.6) is 0 Å². The van der Waals surface area contributed by atoms with Gasteiger partial charge in [0.25, 0.3) is 0 Å². The van der Waals surface area contributed by atoms with E-state index in [-0.39, 0.29) is 17.3 Å². The molecule has 6 nitrogen and oxygen atoms in total. The predicted octanol–water partition coefficient (Wildman–Crippen LogP) is 1.96. The summed E-state index contributed by atoms with van der Waals surface area (Å²) in [7, 11) is -3.59. The number of nitrogens with one attached hydrogen (secondary N) is 1. The standard InChI is InChI=1S/C20H24N2O4S/c23-20(11-10-17-6-2-1-3-7-17)21-16-18-8-4-5-9-19(18)27(24,25)22-12-14-26-15-13-22/h1-9H,10-16H2,(H,21,23). The van der Waals surface area contributed by atoms with Crippen molar-refractivity contribution in [2.45, 2.75) is 24.3 Å². The van der Waals surface area contributed by atoms with Crippen molar-refractivity contribution in [3.05, 3.63) is 65.7 Å². The molecule has 2 aromatic carbocycles. The lowest BCUT2D eigenvalue weighted by Gasteiger charge is -2.27. The molecule has 0 unspecified atom stereocenters. The minimum atomic E-state index is -3.59. The first-order valence-electron chi connectivity index (χ1n) is 9.04. The Balaban J connectivity index is 1.63. The second kappa shape index (κ2) is 9.12. The number of hydrogen-bond acceptors (Lipinski definition) is 4. The third kappa shape index (κ3) is 5.15. The molecule has 0 bridgehead atoms. The van der Waals surface area contributed by atoms with E-state index in [9.17, 15) is 13.2 Å². The van der Waals surface area contributed by atoms with Crippen LogP contribution in [0.3, 0.4) is 0 Å². The van der Waals surface area contributed by atoms with E-state index >= 15 is 0 Å². The van der Waals surface area contributed by atoms with Crippen LogP contribution in [0.2, 0.25) is 0 Å². The van der Waals surface area contributed by atoms with Crippen molar-refractivity contribution in [1.82, 2.24) is 9.62 Å². The van der Waals surface area contributed by atoms with Gasteiger partial charge in [0, 0.05) is 26.1 Å². The normalized spacial score (nSPS) is 15.4. The van der Waals surface area contributed by atoms with Gasteiger partial charge in [0.1, 0.15) is 0 Å². The van der Waals surface area contributed by atoms with Gasteiger partial charge in [-0.3, -0.25) is 4.79 Å². The summed E-state index contributed by atoms with van der Waals surface area (Å²) in [6.07, 6.45) is 1.02. The highest BCUT2D eigenvalue weighted by atomic mass is 32.2. The molecule has 0 aromatic heterocycles. The van der Waals surface area contributed by atoms with Gasteiger partial charge < -0.3 is 10.1 Å². The quantitative estimate of drug-likeness (QED) is 0.787. The van der Waals surface area contributed by atoms with E-state index in [1.165, 1.54) is 4.31 Å². The Bertz CT molecular complexity index is 863. The van der Waals surface area contributed by atoms with E-state index in [1.54, 1.807) is 24.3 Å². The molecular weight excluding hydrogens is 364 g/mol. The molecule has 1 N–H and O–H groups in total. The summed E-state index contributed by atoms with van der Waals surface area (Å²) in [5.41, 5.74) is 1.69. The first-order valence-corrected chi connectivity index (χ1v) is 10.5. The average molecular weight is 388 g/mol. The molecule has 1 aliphatic rings. The average Bonchev–Trinajstić information content (AvgIpc) is 2.72.